The number of hydrogen-bond donors (Lipinski definition) is 3. The number of rotatable bonds is 0. The minimum Gasteiger partial charge on any atom is -0.346 e. The molecule has 5 rings (SSSR count). The lowest BCUT2D eigenvalue weighted by Gasteiger charge is -2.18. The maximum Gasteiger partial charge on any atom is 0.225 e. The highest BCUT2D eigenvalue weighted by Crippen LogP contribution is 2.23. The van der Waals surface area contributed by atoms with Crippen molar-refractivity contribution in [2.75, 3.05) is 0 Å². The van der Waals surface area contributed by atoms with Crippen LogP contribution in [0.5, 0.6) is 0 Å². The molecule has 1 fully saturated rings. The molecule has 12 heteroatoms. The van der Waals surface area contributed by atoms with E-state index in [9.17, 15) is 4.39 Å². The summed E-state index contributed by atoms with van der Waals surface area (Å²) < 4.78 is 12.9. The Bertz CT molecular complexity index is 1090. The molecule has 0 bridgehead atoms. The number of nitrogens with one attached hydrogen (secondary N) is 2. The Balaban J connectivity index is 0.000000130. The van der Waals surface area contributed by atoms with Gasteiger partial charge in [0.25, 0.3) is 0 Å². The van der Waals surface area contributed by atoms with Crippen LogP contribution in [-0.2, 0) is 0 Å². The standard InChI is InChI=1S/C6H2Cl2FN3.C6H3Cl2N3.C4H9N/c7-4-3-2(9)1-10-5(3)12-6(8)11-4;7-4-3-1-2-9-5(3)11-6(8)10-4;5-4-2-1-3-4/h1H,(H,10,11,12);1-2H,(H,9,10,11);4H,1-3,5H2. The fourth-order valence-corrected chi connectivity index (χ4v) is 3.16. The van der Waals surface area contributed by atoms with Gasteiger partial charge in [-0.3, -0.25) is 0 Å². The van der Waals surface area contributed by atoms with Crippen LogP contribution in [0.1, 0.15) is 19.3 Å². The highest BCUT2D eigenvalue weighted by atomic mass is 35.5. The minimum atomic E-state index is -0.480. The molecule has 0 amide bonds. The molecule has 7 nitrogen and oxygen atoms in total. The Kier molecular flexibility index (Phi) is 6.90. The number of nitrogens with two attached hydrogens (primary N) is 1. The molecule has 1 aliphatic rings. The molecule has 0 radical (unpaired) electrons. The first-order valence-electron chi connectivity index (χ1n) is 8.12. The first kappa shape index (κ1) is 21.0. The summed E-state index contributed by atoms with van der Waals surface area (Å²) in [7, 11) is 0. The van der Waals surface area contributed by atoms with E-state index < -0.39 is 5.82 Å². The average Bonchev–Trinajstić information content (AvgIpc) is 3.21. The zero-order chi connectivity index (χ0) is 20.3. The molecule has 1 aliphatic carbocycles. The number of nitrogens with zero attached hydrogens (tertiary/aromatic N) is 4. The van der Waals surface area contributed by atoms with Crippen LogP contribution in [-0.4, -0.2) is 35.9 Å². The van der Waals surface area contributed by atoms with Gasteiger partial charge in [-0.2, -0.15) is 9.97 Å². The van der Waals surface area contributed by atoms with Crippen molar-refractivity contribution < 1.29 is 4.39 Å². The van der Waals surface area contributed by atoms with Gasteiger partial charge in [0.05, 0.1) is 10.8 Å². The van der Waals surface area contributed by atoms with Crippen molar-refractivity contribution in [3.8, 4) is 0 Å². The summed E-state index contributed by atoms with van der Waals surface area (Å²) in [6.07, 6.45) is 6.78. The quantitative estimate of drug-likeness (QED) is 0.246. The second-order valence-electron chi connectivity index (χ2n) is 5.86. The van der Waals surface area contributed by atoms with Crippen LogP contribution in [0.2, 0.25) is 20.9 Å². The molecule has 28 heavy (non-hydrogen) atoms. The van der Waals surface area contributed by atoms with E-state index in [1.165, 1.54) is 19.3 Å². The van der Waals surface area contributed by atoms with Crippen LogP contribution < -0.4 is 5.73 Å². The molecule has 0 atom stereocenters. The molecule has 0 aromatic carbocycles. The lowest BCUT2D eigenvalue weighted by molar-refractivity contribution is 0.418. The van der Waals surface area contributed by atoms with E-state index in [0.717, 1.165) is 11.6 Å². The van der Waals surface area contributed by atoms with Crippen LogP contribution in [0.4, 0.5) is 4.39 Å². The van der Waals surface area contributed by atoms with Gasteiger partial charge in [0, 0.05) is 18.4 Å². The summed E-state index contributed by atoms with van der Waals surface area (Å²) in [5.74, 6) is -0.480. The van der Waals surface area contributed by atoms with E-state index in [2.05, 4.69) is 29.9 Å². The normalized spacial score (nSPS) is 13.5. The fourth-order valence-electron chi connectivity index (χ4n) is 2.25. The molecule has 4 N–H and O–H groups in total. The summed E-state index contributed by atoms with van der Waals surface area (Å²) >= 11 is 22.4. The maximum absolute atomic E-state index is 12.9. The molecule has 4 heterocycles. The van der Waals surface area contributed by atoms with Crippen LogP contribution in [0.25, 0.3) is 22.1 Å². The summed E-state index contributed by atoms with van der Waals surface area (Å²) in [6, 6.07) is 2.36. The SMILES string of the molecule is Clc1nc(Cl)c2cc[nH]c2n1.Fc1c[nH]c2nc(Cl)nc(Cl)c12.NC1CCC1. The predicted molar refractivity (Wildman–Crippen MR) is 110 cm³/mol. The number of aromatic amines is 2. The fraction of sp³-hybridized carbons (Fsp3) is 0.250. The van der Waals surface area contributed by atoms with Crippen molar-refractivity contribution in [3.63, 3.8) is 0 Å². The molecule has 0 aliphatic heterocycles. The predicted octanol–water partition coefficient (Wildman–Crippen LogP) is 5.17. The van der Waals surface area contributed by atoms with Crippen molar-refractivity contribution in [2.24, 2.45) is 5.73 Å². The molecule has 4 aromatic heterocycles. The van der Waals surface area contributed by atoms with Gasteiger partial charge in [-0.1, -0.05) is 29.6 Å². The Morgan fingerprint density at radius 3 is 2.14 bits per heavy atom. The highest BCUT2D eigenvalue weighted by Gasteiger charge is 2.11. The number of H-pyrrole nitrogens is 2. The third kappa shape index (κ3) is 5.01. The van der Waals surface area contributed by atoms with E-state index in [4.69, 9.17) is 52.1 Å². The van der Waals surface area contributed by atoms with E-state index in [-0.39, 0.29) is 21.1 Å². The third-order valence-electron chi connectivity index (χ3n) is 3.90. The van der Waals surface area contributed by atoms with Gasteiger partial charge in [-0.25, -0.2) is 14.4 Å². The lowest BCUT2D eigenvalue weighted by Crippen LogP contribution is -2.27. The molecule has 1 saturated carbocycles. The van der Waals surface area contributed by atoms with Crippen molar-refractivity contribution >= 4 is 68.5 Å². The van der Waals surface area contributed by atoms with Gasteiger partial charge >= 0.3 is 0 Å². The maximum atomic E-state index is 12.9. The van der Waals surface area contributed by atoms with Crippen molar-refractivity contribution in [1.82, 2.24) is 29.9 Å². The van der Waals surface area contributed by atoms with Crippen LogP contribution in [0, 0.1) is 5.82 Å². The van der Waals surface area contributed by atoms with E-state index >= 15 is 0 Å². The molecule has 4 aromatic rings. The van der Waals surface area contributed by atoms with Gasteiger partial charge in [-0.05, 0) is 42.1 Å². The second kappa shape index (κ2) is 9.19. The number of aromatic nitrogens is 6. The molecule has 148 valence electrons. The Morgan fingerprint density at radius 2 is 1.54 bits per heavy atom. The monoisotopic (exact) mass is 463 g/mol. The molecule has 0 unspecified atom stereocenters. The largest absolute Gasteiger partial charge is 0.346 e. The van der Waals surface area contributed by atoms with Crippen LogP contribution in [0.15, 0.2) is 18.5 Å². The van der Waals surface area contributed by atoms with Crippen LogP contribution >= 0.6 is 46.4 Å². The van der Waals surface area contributed by atoms with Crippen LogP contribution in [0.3, 0.4) is 0 Å². The third-order valence-corrected chi connectivity index (χ3v) is 4.80. The molecule has 0 spiro atoms. The summed E-state index contributed by atoms with van der Waals surface area (Å²) in [6.45, 7) is 0. The van der Waals surface area contributed by atoms with Crippen molar-refractivity contribution in [1.29, 1.82) is 0 Å². The number of hydrogen-bond acceptors (Lipinski definition) is 5. The van der Waals surface area contributed by atoms with E-state index in [0.29, 0.717) is 22.5 Å². The van der Waals surface area contributed by atoms with Crippen molar-refractivity contribution in [2.45, 2.75) is 25.3 Å². The zero-order valence-corrected chi connectivity index (χ0v) is 17.2. The Labute approximate surface area is 178 Å². The number of fused-ring (bicyclic) bond motifs is 2. The van der Waals surface area contributed by atoms with Crippen molar-refractivity contribution in [3.05, 3.63) is 45.2 Å². The first-order valence-corrected chi connectivity index (χ1v) is 9.63. The highest BCUT2D eigenvalue weighted by molar-refractivity contribution is 6.36. The summed E-state index contributed by atoms with van der Waals surface area (Å²) in [5, 5.41) is 1.50. The summed E-state index contributed by atoms with van der Waals surface area (Å²) in [4.78, 5) is 20.5. The topological polar surface area (TPSA) is 109 Å². The summed E-state index contributed by atoms with van der Waals surface area (Å²) in [5.41, 5.74) is 6.34. The molecular weight excluding hydrogens is 451 g/mol. The second-order valence-corrected chi connectivity index (χ2v) is 7.25. The Hall–Kier alpha value is -1.71. The van der Waals surface area contributed by atoms with Gasteiger partial charge in [0.15, 0.2) is 5.82 Å². The Morgan fingerprint density at radius 1 is 0.929 bits per heavy atom. The van der Waals surface area contributed by atoms with Gasteiger partial charge in [-0.15, -0.1) is 0 Å². The number of halogens is 5. The lowest BCUT2D eigenvalue weighted by atomic mass is 9.95. The van der Waals surface area contributed by atoms with E-state index in [1.807, 2.05) is 0 Å². The molecular formula is C16H14Cl4FN7. The van der Waals surface area contributed by atoms with E-state index in [1.54, 1.807) is 12.3 Å². The minimum absolute atomic E-state index is 0.00523. The average molecular weight is 465 g/mol. The van der Waals surface area contributed by atoms with Gasteiger partial charge < -0.3 is 15.7 Å². The van der Waals surface area contributed by atoms with Gasteiger partial charge in [0.1, 0.15) is 21.6 Å². The zero-order valence-electron chi connectivity index (χ0n) is 14.2. The smallest absolute Gasteiger partial charge is 0.225 e. The van der Waals surface area contributed by atoms with Gasteiger partial charge in [0.2, 0.25) is 10.6 Å². The molecule has 0 saturated heterocycles. The first-order chi connectivity index (χ1) is 13.3.